The van der Waals surface area contributed by atoms with Crippen LogP contribution in [0.5, 0.6) is 11.6 Å². The number of aliphatic hydroxyl groups is 1. The molecular weight excluding hydrogens is 605 g/mol. The Balaban J connectivity index is 1.90. The Hall–Kier alpha value is -3.43. The number of benzene rings is 1. The van der Waals surface area contributed by atoms with E-state index in [9.17, 15) is 18.9 Å². The van der Waals surface area contributed by atoms with Gasteiger partial charge in [-0.3, -0.25) is 13.9 Å². The number of aliphatic hydroxyl groups excluding tert-OH is 1. The molecule has 1 aromatic carbocycles. The molecule has 0 aliphatic carbocycles. The maximum Gasteiger partial charge on any atom is 0.459 e. The molecule has 0 bridgehead atoms. The number of ether oxygens (including phenoxy) is 3. The van der Waals surface area contributed by atoms with Crippen LogP contribution in [0.25, 0.3) is 11.2 Å². The number of carbonyl (C=O) groups excluding carboxylic acids is 1. The van der Waals surface area contributed by atoms with Crippen LogP contribution in [-0.4, -0.2) is 75.1 Å². The summed E-state index contributed by atoms with van der Waals surface area (Å²) >= 11 is 0. The minimum absolute atomic E-state index is 0.0362. The summed E-state index contributed by atoms with van der Waals surface area (Å²) in [5.41, 5.74) is 6.15. The van der Waals surface area contributed by atoms with E-state index >= 15 is 4.39 Å². The van der Waals surface area contributed by atoms with Crippen molar-refractivity contribution < 1.29 is 46.5 Å². The van der Waals surface area contributed by atoms with Crippen molar-refractivity contribution in [3.05, 3.63) is 36.7 Å². The van der Waals surface area contributed by atoms with Crippen molar-refractivity contribution in [2.24, 2.45) is 5.92 Å². The number of fused-ring (bicyclic) bond motifs is 1. The minimum Gasteiger partial charge on any atom is -0.476 e. The SMILES string of the molecule is CCOc1nc(N)nc2c1ncn2C(CC)OC(F)(COP(=O)(NC(C)C(=O)OCC(C)C)Oc1ccccc1)C(O)CF. The molecule has 5 atom stereocenters. The van der Waals surface area contributed by atoms with Crippen molar-refractivity contribution in [3.8, 4) is 11.6 Å². The van der Waals surface area contributed by atoms with Gasteiger partial charge in [-0.25, -0.2) is 18.3 Å². The number of alkyl halides is 2. The fraction of sp³-hybridized carbons (Fsp3) is 0.556. The molecule has 5 unspecified atom stereocenters. The van der Waals surface area contributed by atoms with Crippen LogP contribution in [0.2, 0.25) is 0 Å². The largest absolute Gasteiger partial charge is 0.476 e. The number of imidazole rings is 1. The molecule has 0 fully saturated rings. The number of rotatable bonds is 18. The van der Waals surface area contributed by atoms with E-state index in [1.54, 1.807) is 32.0 Å². The Bertz CT molecular complexity index is 1420. The number of esters is 1. The normalized spacial score (nSPS) is 16.6. The van der Waals surface area contributed by atoms with Gasteiger partial charge in [-0.1, -0.05) is 39.0 Å². The summed E-state index contributed by atoms with van der Waals surface area (Å²) in [7, 11) is -4.59. The number of halogens is 2. The summed E-state index contributed by atoms with van der Waals surface area (Å²) in [6.45, 7) is 5.88. The lowest BCUT2D eigenvalue weighted by molar-refractivity contribution is -0.263. The number of aromatic nitrogens is 4. The average Bonchev–Trinajstić information content (AvgIpc) is 3.41. The zero-order chi connectivity index (χ0) is 32.5. The van der Waals surface area contributed by atoms with Gasteiger partial charge in [-0.2, -0.15) is 15.1 Å². The van der Waals surface area contributed by atoms with E-state index < -0.39 is 51.2 Å². The number of nitrogens with zero attached hydrogens (tertiary/aromatic N) is 4. The molecule has 244 valence electrons. The molecule has 44 heavy (non-hydrogen) atoms. The summed E-state index contributed by atoms with van der Waals surface area (Å²) in [5, 5.41) is 12.8. The van der Waals surface area contributed by atoms with Crippen molar-refractivity contribution in [2.45, 2.75) is 65.3 Å². The quantitative estimate of drug-likeness (QED) is 0.133. The Labute approximate surface area is 253 Å². The molecule has 0 aliphatic rings. The maximum atomic E-state index is 16.4. The van der Waals surface area contributed by atoms with Gasteiger partial charge in [0.05, 0.1) is 19.5 Å². The first kappa shape index (κ1) is 35.1. The zero-order valence-electron chi connectivity index (χ0n) is 25.2. The topological polar surface area (TPSA) is 182 Å². The van der Waals surface area contributed by atoms with Crippen LogP contribution in [-0.2, 0) is 23.4 Å². The fourth-order valence-electron chi connectivity index (χ4n) is 3.79. The minimum atomic E-state index is -4.59. The highest BCUT2D eigenvalue weighted by Crippen LogP contribution is 2.46. The summed E-state index contributed by atoms with van der Waals surface area (Å²) in [5.74, 6) is -4.02. The molecule has 2 heterocycles. The van der Waals surface area contributed by atoms with E-state index in [0.717, 1.165) is 0 Å². The predicted octanol–water partition coefficient (Wildman–Crippen LogP) is 4.11. The van der Waals surface area contributed by atoms with Crippen LogP contribution >= 0.6 is 7.75 Å². The van der Waals surface area contributed by atoms with Gasteiger partial charge >= 0.3 is 13.7 Å². The van der Waals surface area contributed by atoms with E-state index in [1.165, 1.54) is 30.0 Å². The lowest BCUT2D eigenvalue weighted by Crippen LogP contribution is -2.48. The fourth-order valence-corrected chi connectivity index (χ4v) is 5.29. The third kappa shape index (κ3) is 9.05. The second-order valence-electron chi connectivity index (χ2n) is 10.1. The monoisotopic (exact) mass is 644 g/mol. The molecule has 2 aromatic heterocycles. The number of hydrogen-bond acceptors (Lipinski definition) is 12. The number of hydrogen-bond donors (Lipinski definition) is 3. The van der Waals surface area contributed by atoms with Crippen LogP contribution in [0, 0.1) is 5.92 Å². The molecule has 0 aliphatic heterocycles. The van der Waals surface area contributed by atoms with Gasteiger partial charge in [0.15, 0.2) is 11.2 Å². The van der Waals surface area contributed by atoms with Gasteiger partial charge in [0.2, 0.25) is 11.8 Å². The van der Waals surface area contributed by atoms with Crippen LogP contribution in [0.4, 0.5) is 14.7 Å². The van der Waals surface area contributed by atoms with Gasteiger partial charge < -0.3 is 29.6 Å². The molecular formula is C27H39F2N6O8P. The van der Waals surface area contributed by atoms with Crippen LogP contribution in [0.3, 0.4) is 0 Å². The van der Waals surface area contributed by atoms with Crippen molar-refractivity contribution >= 4 is 30.8 Å². The van der Waals surface area contributed by atoms with Crippen molar-refractivity contribution in [2.75, 3.05) is 32.2 Å². The molecule has 0 saturated carbocycles. The Morgan fingerprint density at radius 1 is 1.20 bits per heavy atom. The second-order valence-corrected chi connectivity index (χ2v) is 11.8. The van der Waals surface area contributed by atoms with Crippen LogP contribution in [0.15, 0.2) is 36.7 Å². The molecule has 14 nitrogen and oxygen atoms in total. The number of carbonyl (C=O) groups is 1. The maximum absolute atomic E-state index is 16.4. The predicted molar refractivity (Wildman–Crippen MR) is 156 cm³/mol. The van der Waals surface area contributed by atoms with Gasteiger partial charge in [0, 0.05) is 0 Å². The second kappa shape index (κ2) is 15.5. The van der Waals surface area contributed by atoms with Crippen LogP contribution in [0.1, 0.15) is 47.3 Å². The number of nitrogen functional groups attached to an aromatic ring is 1. The number of nitrogens with one attached hydrogen (secondary N) is 1. The lowest BCUT2D eigenvalue weighted by Gasteiger charge is -2.34. The summed E-state index contributed by atoms with van der Waals surface area (Å²) in [4.78, 5) is 24.9. The smallest absolute Gasteiger partial charge is 0.459 e. The van der Waals surface area contributed by atoms with Gasteiger partial charge in [0.1, 0.15) is 37.4 Å². The van der Waals surface area contributed by atoms with E-state index in [0.29, 0.717) is 0 Å². The Morgan fingerprint density at radius 2 is 1.91 bits per heavy atom. The molecule has 0 saturated heterocycles. The van der Waals surface area contributed by atoms with Gasteiger partial charge in [-0.15, -0.1) is 0 Å². The molecule has 0 radical (unpaired) electrons. The highest BCUT2D eigenvalue weighted by molar-refractivity contribution is 7.52. The average molecular weight is 645 g/mol. The molecule has 3 aromatic rings. The molecule has 0 spiro atoms. The zero-order valence-corrected chi connectivity index (χ0v) is 26.1. The highest BCUT2D eigenvalue weighted by atomic mass is 31.2. The molecule has 4 N–H and O–H groups in total. The number of para-hydroxylation sites is 1. The highest BCUT2D eigenvalue weighted by Gasteiger charge is 2.46. The van der Waals surface area contributed by atoms with E-state index in [1.807, 2.05) is 13.8 Å². The van der Waals surface area contributed by atoms with Crippen LogP contribution < -0.4 is 20.1 Å². The first-order valence-electron chi connectivity index (χ1n) is 14.0. The Morgan fingerprint density at radius 3 is 2.52 bits per heavy atom. The summed E-state index contributed by atoms with van der Waals surface area (Å²) in [6, 6.07) is 6.53. The third-order valence-electron chi connectivity index (χ3n) is 5.99. The molecule has 0 amide bonds. The van der Waals surface area contributed by atoms with Crippen molar-refractivity contribution in [3.63, 3.8) is 0 Å². The number of nitrogens with two attached hydrogens (primary N) is 1. The molecule has 3 rings (SSSR count). The number of anilines is 1. The van der Waals surface area contributed by atoms with Crippen molar-refractivity contribution in [1.29, 1.82) is 0 Å². The first-order valence-corrected chi connectivity index (χ1v) is 15.6. The summed E-state index contributed by atoms with van der Waals surface area (Å²) < 4.78 is 72.5. The standard InChI is InChI=1S/C27H39F2N6O8P/c1-6-21(35-16-31-22-23(35)32-26(30)33-24(22)39-7-2)42-27(29,20(36)13-28)15-41-44(38,43-19-11-9-8-10-12-19)34-18(5)25(37)40-14-17(3)4/h8-12,16-18,20-21,36H,6-7,13-15H2,1-5H3,(H,34,38)(H2,30,32,33). The van der Waals surface area contributed by atoms with E-state index in [2.05, 4.69) is 20.0 Å². The van der Waals surface area contributed by atoms with Gasteiger partial charge in [-0.05, 0) is 38.3 Å². The summed E-state index contributed by atoms with van der Waals surface area (Å²) in [6.07, 6.45) is -2.29. The lowest BCUT2D eigenvalue weighted by atomic mass is 10.2. The van der Waals surface area contributed by atoms with E-state index in [4.69, 9.17) is 29.0 Å². The first-order chi connectivity index (χ1) is 20.8. The van der Waals surface area contributed by atoms with Crippen molar-refractivity contribution in [1.82, 2.24) is 24.6 Å². The Kier molecular flexibility index (Phi) is 12.4. The van der Waals surface area contributed by atoms with E-state index in [-0.39, 0.29) is 54.3 Å². The third-order valence-corrected chi connectivity index (χ3v) is 7.61. The van der Waals surface area contributed by atoms with Gasteiger partial charge in [0.25, 0.3) is 5.85 Å². The molecule has 17 heteroatoms.